The summed E-state index contributed by atoms with van der Waals surface area (Å²) in [5.74, 6) is -14.9. The normalized spacial score (nSPS) is 19.9. The van der Waals surface area contributed by atoms with Gasteiger partial charge in [0.1, 0.15) is 35.2 Å². The molecule has 90 heavy (non-hydrogen) atoms. The molecule has 0 saturated carbocycles. The Morgan fingerprint density at radius 1 is 0.444 bits per heavy atom. The molecule has 38 heteroatoms. The number of carbonyl (C=O) groups excluding carboxylic acids is 6. The molecule has 0 bridgehead atoms. The largest absolute Gasteiger partial charge is 0.465 e. The van der Waals surface area contributed by atoms with E-state index in [-0.39, 0.29) is 109 Å². The second-order valence-electron chi connectivity index (χ2n) is 19.7. The van der Waals surface area contributed by atoms with Crippen molar-refractivity contribution in [3.8, 4) is 11.5 Å². The third-order valence-electron chi connectivity index (χ3n) is 13.1. The molecule has 0 amide bonds. The molecule has 2 aromatic carbocycles. The van der Waals surface area contributed by atoms with Crippen LogP contribution in [0.3, 0.4) is 0 Å². The predicted molar refractivity (Wildman–Crippen MR) is 322 cm³/mol. The van der Waals surface area contributed by atoms with Crippen LogP contribution in [0.25, 0.3) is 0 Å². The smallest absolute Gasteiger partial charge is 0.315 e. The molecule has 6 rings (SSSR count). The standard InChI is InChI=1S/C52H68N8O24P2S4/c1-11-75-49(63)39-37(33-15-19-35(20-16-33)83-31(5)61)41(51(65)77-13-3)45-47(85(57-55-45)59(23-27-79-87(7,67)68)24-28-80-88(8,69)70)43(39)53-54-44-40(50(64)76-12-2)38(34-17-21-36(22-18-34)84-32(6)62)42(52(66)78-14-4)46-48(44)86(58-56-46)60(25-29-81-89(9,71)72)26-30-82-90(10,73)74/h15-22,37-42H,11-14,23-30H2,1-10H3/b53-43+,54-44+. The van der Waals surface area contributed by atoms with Gasteiger partial charge in [-0.3, -0.25) is 45.5 Å². The molecule has 0 spiro atoms. The van der Waals surface area contributed by atoms with E-state index >= 15 is 9.59 Å². The van der Waals surface area contributed by atoms with Crippen LogP contribution in [0.2, 0.25) is 0 Å². The molecule has 8 unspecified atom stereocenters. The van der Waals surface area contributed by atoms with Crippen LogP contribution in [0.15, 0.2) is 58.7 Å². The Balaban J connectivity index is 1.85. The molecule has 4 aromatic rings. The Bertz CT molecular complexity index is 3490. The van der Waals surface area contributed by atoms with Crippen LogP contribution in [0.1, 0.15) is 98.3 Å². The maximum absolute atomic E-state index is 15.3. The summed E-state index contributed by atoms with van der Waals surface area (Å²) in [7, 11) is -21.6. The molecule has 2 aliphatic carbocycles. The zero-order valence-corrected chi connectivity index (χ0v) is 55.5. The molecule has 0 N–H and O–H groups in total. The zero-order valence-electron chi connectivity index (χ0n) is 50.5. The van der Waals surface area contributed by atoms with E-state index < -0.39 is 154 Å². The van der Waals surface area contributed by atoms with E-state index in [0.717, 1.165) is 25.0 Å². The molecule has 32 nitrogen and oxygen atoms in total. The molecule has 494 valence electrons. The monoisotopic (exact) mass is 1380 g/mol. The lowest BCUT2D eigenvalue weighted by atomic mass is 9.68. The first-order valence-electron chi connectivity index (χ1n) is 27.5. The van der Waals surface area contributed by atoms with Crippen molar-refractivity contribution in [1.29, 1.82) is 0 Å². The molecular formula is C52H68N8O24P2S4. The molecule has 0 aliphatic heterocycles. The van der Waals surface area contributed by atoms with Gasteiger partial charge in [-0.1, -0.05) is 24.3 Å². The van der Waals surface area contributed by atoms with Crippen molar-refractivity contribution in [2.24, 2.45) is 22.0 Å². The lowest BCUT2D eigenvalue weighted by molar-refractivity contribution is -0.151. The van der Waals surface area contributed by atoms with Gasteiger partial charge in [-0.25, -0.2) is 9.34 Å². The van der Waals surface area contributed by atoms with Gasteiger partial charge < -0.3 is 28.4 Å². The minimum Gasteiger partial charge on any atom is -0.465 e. The van der Waals surface area contributed by atoms with Crippen molar-refractivity contribution in [2.75, 3.05) is 113 Å². The number of nitrogens with zero attached hydrogens (tertiary/aromatic N) is 8. The number of benzene rings is 2. The molecule has 2 aromatic heterocycles. The number of aromatic nitrogens is 4. The molecule has 8 atom stereocenters. The van der Waals surface area contributed by atoms with E-state index in [1.54, 1.807) is 0 Å². The molecular weight excluding hydrogens is 1310 g/mol. The summed E-state index contributed by atoms with van der Waals surface area (Å²) in [4.78, 5) is 93.7. The average molecular weight is 1380 g/mol. The average Bonchev–Trinajstić information content (AvgIpc) is 1.39. The highest BCUT2D eigenvalue weighted by atomic mass is 32.2. The Labute approximate surface area is 522 Å². The van der Waals surface area contributed by atoms with Crippen LogP contribution < -0.4 is 18.8 Å². The predicted octanol–water partition coefficient (Wildman–Crippen LogP) is 2.31. The second-order valence-corrected chi connectivity index (χ2v) is 29.8. The Kier molecular flexibility index (Phi) is 25.5. The Hall–Kier alpha value is -6.56. The first-order chi connectivity index (χ1) is 42.3. The van der Waals surface area contributed by atoms with Crippen molar-refractivity contribution >= 4 is 103 Å². The minimum atomic E-state index is -4.13. The van der Waals surface area contributed by atoms with E-state index in [4.69, 9.17) is 55.4 Å². The molecule has 2 heterocycles. The summed E-state index contributed by atoms with van der Waals surface area (Å²) in [5.41, 5.74) is -0.697. The molecule has 2 aliphatic rings. The van der Waals surface area contributed by atoms with Gasteiger partial charge >= 0.3 is 35.8 Å². The number of fused-ring (bicyclic) bond motifs is 2. The van der Waals surface area contributed by atoms with Crippen molar-refractivity contribution < 1.29 is 108 Å². The number of rotatable bonds is 31. The van der Waals surface area contributed by atoms with Crippen LogP contribution in [0.5, 0.6) is 11.5 Å². The van der Waals surface area contributed by atoms with Gasteiger partial charge in [-0.2, -0.15) is 43.9 Å². The fourth-order valence-corrected chi connectivity index (χ4v) is 15.4. The van der Waals surface area contributed by atoms with Crippen molar-refractivity contribution in [2.45, 2.75) is 65.2 Å². The second kappa shape index (κ2) is 31.6. The number of carbonyl (C=O) groups is 6. The Morgan fingerprint density at radius 2 is 0.711 bits per heavy atom. The van der Waals surface area contributed by atoms with Crippen LogP contribution in [-0.4, -0.2) is 205 Å². The van der Waals surface area contributed by atoms with Crippen LogP contribution in [0.4, 0.5) is 0 Å². The van der Waals surface area contributed by atoms with Gasteiger partial charge in [-0.05, 0) is 63.1 Å². The van der Waals surface area contributed by atoms with Crippen molar-refractivity contribution in [3.63, 3.8) is 0 Å². The number of hydrogen-bond donors (Lipinski definition) is 0. The van der Waals surface area contributed by atoms with Gasteiger partial charge in [0, 0.05) is 51.9 Å². The molecule has 0 saturated heterocycles. The topological polar surface area (TPSA) is 414 Å². The van der Waals surface area contributed by atoms with Crippen LogP contribution in [0, 0.1) is 11.8 Å². The van der Waals surface area contributed by atoms with E-state index in [1.807, 2.05) is 0 Å². The van der Waals surface area contributed by atoms with Gasteiger partial charge in [0.15, 0.2) is 0 Å². The maximum Gasteiger partial charge on any atom is 0.315 e. The fourth-order valence-electron chi connectivity index (χ4n) is 9.90. The summed E-state index contributed by atoms with van der Waals surface area (Å²) >= 11 is 0. The zero-order chi connectivity index (χ0) is 66.5. The number of ether oxygens (including phenoxy) is 6. The maximum atomic E-state index is 15.3. The number of esters is 6. The van der Waals surface area contributed by atoms with Crippen molar-refractivity contribution in [3.05, 3.63) is 81.6 Å². The first-order valence-corrected chi connectivity index (χ1v) is 37.3. The van der Waals surface area contributed by atoms with E-state index in [9.17, 15) is 52.8 Å². The highest BCUT2D eigenvalue weighted by Crippen LogP contribution is 2.54. The number of hydrogen-bond acceptors (Lipinski definition) is 32. The van der Waals surface area contributed by atoms with Gasteiger partial charge in [0.2, 0.25) is 0 Å². The van der Waals surface area contributed by atoms with Gasteiger partial charge in [-0.15, -0.1) is 19.9 Å². The molecule has 0 radical (unpaired) electrons. The SMILES string of the molecule is CCOC(=O)C1/C(=N\N=C2\c3c(nnp3N(CCOS(C)(=O)=O)CCOS(C)(=O)=O)C(C(=O)OCC)C(c3ccc(OC(C)=O)cc3)C2C(=O)OCC)c2c(nnp2N(CCOS(C)(=O)=O)CCOS(C)(=O)=O)C(C(=O)OCC)C1c1ccc(OC(C)=O)cc1. The summed E-state index contributed by atoms with van der Waals surface area (Å²) in [5, 5.41) is 18.7. The fraction of sp³-hybridized carbons (Fsp3) is 0.538. The Morgan fingerprint density at radius 3 is 0.956 bits per heavy atom. The van der Waals surface area contributed by atoms with E-state index in [0.29, 0.717) is 0 Å². The van der Waals surface area contributed by atoms with Gasteiger partial charge in [0.25, 0.3) is 40.5 Å². The third-order valence-corrected chi connectivity index (χ3v) is 19.5. The summed E-state index contributed by atoms with van der Waals surface area (Å²) < 4.78 is 156. The van der Waals surface area contributed by atoms with E-state index in [2.05, 4.69) is 19.9 Å². The highest BCUT2D eigenvalue weighted by molar-refractivity contribution is 7.86. The lowest BCUT2D eigenvalue weighted by Gasteiger charge is -2.37. The minimum absolute atomic E-state index is 0.0572. The van der Waals surface area contributed by atoms with Crippen LogP contribution in [-0.2, 0) is 105 Å². The quantitative estimate of drug-likeness (QED) is 0.0229. The highest BCUT2D eigenvalue weighted by Gasteiger charge is 2.55. The first kappa shape index (κ1) is 72.5. The molecule has 0 fully saturated rings. The van der Waals surface area contributed by atoms with Crippen molar-refractivity contribution in [1.82, 2.24) is 19.9 Å². The summed E-state index contributed by atoms with van der Waals surface area (Å²) in [6.07, 6.45) is 3.16. The summed E-state index contributed by atoms with van der Waals surface area (Å²) in [6.45, 7) is 3.59. The van der Waals surface area contributed by atoms with E-state index in [1.165, 1.54) is 99.4 Å². The third kappa shape index (κ3) is 19.5. The summed E-state index contributed by atoms with van der Waals surface area (Å²) in [6, 6.07) is 11.4. The van der Waals surface area contributed by atoms with Crippen LogP contribution >= 0.6 is 15.7 Å². The van der Waals surface area contributed by atoms with Gasteiger partial charge in [0.05, 0.1) is 127 Å². The lowest BCUT2D eigenvalue weighted by Crippen LogP contribution is -2.44.